The van der Waals surface area contributed by atoms with Crippen molar-refractivity contribution in [1.29, 1.82) is 0 Å². The minimum atomic E-state index is -0.450. The summed E-state index contributed by atoms with van der Waals surface area (Å²) in [5, 5.41) is 0. The highest BCUT2D eigenvalue weighted by Crippen LogP contribution is 2.34. The van der Waals surface area contributed by atoms with Gasteiger partial charge < -0.3 is 9.64 Å². The molecule has 2 rings (SSSR count). The molecule has 0 aromatic carbocycles. The van der Waals surface area contributed by atoms with E-state index in [0.29, 0.717) is 24.5 Å². The third-order valence-corrected chi connectivity index (χ3v) is 3.76. The number of ether oxygens (including phenoxy) is 1. The van der Waals surface area contributed by atoms with E-state index in [4.69, 9.17) is 4.74 Å². The molecular formula is C14H23NO3. The van der Waals surface area contributed by atoms with Gasteiger partial charge in [-0.2, -0.15) is 0 Å². The van der Waals surface area contributed by atoms with Gasteiger partial charge in [0, 0.05) is 25.4 Å². The maximum absolute atomic E-state index is 12.2. The molecule has 1 heterocycles. The lowest BCUT2D eigenvalue weighted by Crippen LogP contribution is -2.52. The average Bonchev–Trinajstić information content (AvgIpc) is 2.25. The summed E-state index contributed by atoms with van der Waals surface area (Å²) < 4.78 is 5.46. The third-order valence-electron chi connectivity index (χ3n) is 3.76. The van der Waals surface area contributed by atoms with Crippen LogP contribution in [-0.4, -0.2) is 35.0 Å². The molecule has 0 radical (unpaired) electrons. The second-order valence-corrected chi connectivity index (χ2v) is 6.42. The summed E-state index contributed by atoms with van der Waals surface area (Å²) >= 11 is 0. The van der Waals surface area contributed by atoms with E-state index in [0.717, 1.165) is 25.8 Å². The van der Waals surface area contributed by atoms with Gasteiger partial charge in [0.25, 0.3) is 0 Å². The molecule has 0 bridgehead atoms. The standard InChI is InChI=1S/C14H23NO3/c1-14(2,3)18-13(17)15-8-4-5-10-9-11(16)6-7-12(10)15/h10,12H,4-9H2,1-3H3/t10-,12+/m1/s1. The van der Waals surface area contributed by atoms with Gasteiger partial charge in [-0.3, -0.25) is 4.79 Å². The number of amides is 1. The van der Waals surface area contributed by atoms with Gasteiger partial charge in [-0.15, -0.1) is 0 Å². The van der Waals surface area contributed by atoms with Crippen molar-refractivity contribution in [3.8, 4) is 0 Å². The van der Waals surface area contributed by atoms with E-state index in [1.54, 1.807) is 0 Å². The van der Waals surface area contributed by atoms with Gasteiger partial charge in [0.1, 0.15) is 11.4 Å². The zero-order valence-electron chi connectivity index (χ0n) is 11.6. The topological polar surface area (TPSA) is 46.6 Å². The number of fused-ring (bicyclic) bond motifs is 1. The normalized spacial score (nSPS) is 28.8. The molecule has 1 saturated carbocycles. The Bertz CT molecular complexity index is 345. The lowest BCUT2D eigenvalue weighted by molar-refractivity contribution is -0.124. The molecule has 0 spiro atoms. The number of hydrogen-bond donors (Lipinski definition) is 0. The van der Waals surface area contributed by atoms with Crippen molar-refractivity contribution in [1.82, 2.24) is 4.90 Å². The molecule has 4 nitrogen and oxygen atoms in total. The van der Waals surface area contributed by atoms with Crippen LogP contribution in [0.15, 0.2) is 0 Å². The maximum Gasteiger partial charge on any atom is 0.410 e. The Balaban J connectivity index is 2.03. The summed E-state index contributed by atoms with van der Waals surface area (Å²) in [7, 11) is 0. The van der Waals surface area contributed by atoms with E-state index in [9.17, 15) is 9.59 Å². The van der Waals surface area contributed by atoms with Crippen LogP contribution in [-0.2, 0) is 9.53 Å². The number of nitrogens with zero attached hydrogens (tertiary/aromatic N) is 1. The Kier molecular flexibility index (Phi) is 3.64. The van der Waals surface area contributed by atoms with Crippen molar-refractivity contribution in [3.05, 3.63) is 0 Å². The van der Waals surface area contributed by atoms with Crippen LogP contribution in [0, 0.1) is 5.92 Å². The number of rotatable bonds is 0. The quantitative estimate of drug-likeness (QED) is 0.667. The smallest absolute Gasteiger partial charge is 0.410 e. The molecule has 0 aromatic rings. The molecule has 1 aliphatic heterocycles. The van der Waals surface area contributed by atoms with Crippen molar-refractivity contribution in [2.75, 3.05) is 6.54 Å². The average molecular weight is 253 g/mol. The largest absolute Gasteiger partial charge is 0.444 e. The molecule has 1 aliphatic carbocycles. The Morgan fingerprint density at radius 3 is 2.72 bits per heavy atom. The first kappa shape index (κ1) is 13.4. The Morgan fingerprint density at radius 1 is 1.33 bits per heavy atom. The van der Waals surface area contributed by atoms with Crippen LogP contribution in [0.25, 0.3) is 0 Å². The van der Waals surface area contributed by atoms with Gasteiger partial charge in [0.2, 0.25) is 0 Å². The molecule has 0 aromatic heterocycles. The summed E-state index contributed by atoms with van der Waals surface area (Å²) in [5.74, 6) is 0.704. The Hall–Kier alpha value is -1.06. The predicted molar refractivity (Wildman–Crippen MR) is 68.3 cm³/mol. The first-order valence-corrected chi connectivity index (χ1v) is 6.88. The fourth-order valence-electron chi connectivity index (χ4n) is 3.02. The Labute approximate surface area is 109 Å². The molecular weight excluding hydrogens is 230 g/mol. The number of hydrogen-bond acceptors (Lipinski definition) is 3. The first-order valence-electron chi connectivity index (χ1n) is 6.88. The highest BCUT2D eigenvalue weighted by Gasteiger charge is 2.39. The molecule has 2 atom stereocenters. The van der Waals surface area contributed by atoms with Crippen molar-refractivity contribution >= 4 is 11.9 Å². The highest BCUT2D eigenvalue weighted by molar-refractivity contribution is 5.80. The lowest BCUT2D eigenvalue weighted by Gasteiger charge is -2.43. The third kappa shape index (κ3) is 3.03. The van der Waals surface area contributed by atoms with Crippen LogP contribution in [0.2, 0.25) is 0 Å². The van der Waals surface area contributed by atoms with Gasteiger partial charge in [0.05, 0.1) is 0 Å². The predicted octanol–water partition coefficient (Wildman–Crippen LogP) is 2.76. The van der Waals surface area contributed by atoms with Gasteiger partial charge in [-0.05, 0) is 46.0 Å². The fourth-order valence-corrected chi connectivity index (χ4v) is 3.02. The van der Waals surface area contributed by atoms with Crippen molar-refractivity contribution < 1.29 is 14.3 Å². The van der Waals surface area contributed by atoms with Crippen LogP contribution >= 0.6 is 0 Å². The summed E-state index contributed by atoms with van der Waals surface area (Å²) in [6.45, 7) is 6.43. The number of Topliss-reactive ketones (excluding diaryl/α,β-unsaturated/α-hetero) is 1. The maximum atomic E-state index is 12.2. The van der Waals surface area contributed by atoms with E-state index in [1.165, 1.54) is 0 Å². The molecule has 1 amide bonds. The number of carbonyl (C=O) groups excluding carboxylic acids is 2. The van der Waals surface area contributed by atoms with E-state index >= 15 is 0 Å². The zero-order chi connectivity index (χ0) is 13.3. The SMILES string of the molecule is CC(C)(C)OC(=O)N1CCC[C@@H]2CC(=O)CC[C@@H]21. The second-order valence-electron chi connectivity index (χ2n) is 6.42. The summed E-state index contributed by atoms with van der Waals surface area (Å²) in [4.78, 5) is 25.5. The van der Waals surface area contributed by atoms with Crippen LogP contribution in [0.4, 0.5) is 4.79 Å². The number of carbonyl (C=O) groups is 2. The zero-order valence-corrected chi connectivity index (χ0v) is 11.6. The molecule has 102 valence electrons. The molecule has 4 heteroatoms. The minimum absolute atomic E-state index is 0.214. The van der Waals surface area contributed by atoms with Gasteiger partial charge >= 0.3 is 6.09 Å². The van der Waals surface area contributed by atoms with Crippen LogP contribution in [0.1, 0.15) is 52.9 Å². The fraction of sp³-hybridized carbons (Fsp3) is 0.857. The molecule has 0 unspecified atom stereocenters. The van der Waals surface area contributed by atoms with Crippen LogP contribution in [0.5, 0.6) is 0 Å². The lowest BCUT2D eigenvalue weighted by atomic mass is 9.78. The van der Waals surface area contributed by atoms with Gasteiger partial charge in [-0.1, -0.05) is 0 Å². The van der Waals surface area contributed by atoms with E-state index in [2.05, 4.69) is 0 Å². The molecule has 2 fully saturated rings. The first-order chi connectivity index (χ1) is 8.37. The number of ketones is 1. The molecule has 1 saturated heterocycles. The van der Waals surface area contributed by atoms with Crippen LogP contribution < -0.4 is 0 Å². The molecule has 0 N–H and O–H groups in total. The van der Waals surface area contributed by atoms with E-state index in [1.807, 2.05) is 25.7 Å². The van der Waals surface area contributed by atoms with Crippen molar-refractivity contribution in [2.45, 2.75) is 64.5 Å². The summed E-state index contributed by atoms with van der Waals surface area (Å²) in [5.41, 5.74) is -0.450. The number of piperidine rings is 1. The van der Waals surface area contributed by atoms with Crippen LogP contribution in [0.3, 0.4) is 0 Å². The molecule has 2 aliphatic rings. The number of likely N-dealkylation sites (tertiary alicyclic amines) is 1. The molecule has 18 heavy (non-hydrogen) atoms. The Morgan fingerprint density at radius 2 is 2.06 bits per heavy atom. The van der Waals surface area contributed by atoms with Crippen molar-refractivity contribution in [2.24, 2.45) is 5.92 Å². The van der Waals surface area contributed by atoms with Gasteiger partial charge in [0.15, 0.2) is 0 Å². The second kappa shape index (κ2) is 4.90. The summed E-state index contributed by atoms with van der Waals surface area (Å²) in [6, 6.07) is 0.214. The monoisotopic (exact) mass is 253 g/mol. The van der Waals surface area contributed by atoms with Crippen molar-refractivity contribution in [3.63, 3.8) is 0 Å². The highest BCUT2D eigenvalue weighted by atomic mass is 16.6. The van der Waals surface area contributed by atoms with E-state index in [-0.39, 0.29) is 12.1 Å². The minimum Gasteiger partial charge on any atom is -0.444 e. The summed E-state index contributed by atoms with van der Waals surface area (Å²) in [6.07, 6.45) is 3.89. The van der Waals surface area contributed by atoms with E-state index < -0.39 is 5.60 Å². The van der Waals surface area contributed by atoms with Gasteiger partial charge in [-0.25, -0.2) is 4.79 Å².